The molecule has 0 N–H and O–H groups in total. The molecule has 1 aliphatic carbocycles. The van der Waals surface area contributed by atoms with Gasteiger partial charge in [-0.1, -0.05) is 53.6 Å². The Morgan fingerprint density at radius 2 is 1.76 bits per heavy atom. The third kappa shape index (κ3) is 1.89. The fourth-order valence-electron chi connectivity index (χ4n) is 2.29. The molecule has 0 saturated heterocycles. The summed E-state index contributed by atoms with van der Waals surface area (Å²) in [6.45, 7) is 2.11. The van der Waals surface area contributed by atoms with Crippen molar-refractivity contribution >= 4 is 17.7 Å². The summed E-state index contributed by atoms with van der Waals surface area (Å²) < 4.78 is 0. The first kappa shape index (κ1) is 10.6. The average molecular weight is 240 g/mol. The number of fused-ring (bicyclic) bond motifs is 1. The molecule has 83 valence electrons. The van der Waals surface area contributed by atoms with Crippen molar-refractivity contribution in [1.29, 1.82) is 0 Å². The SMILES string of the molecule is CC1=Cc2c(cc(Cl)cc2-c2ccccc2)[CH]1. The molecule has 0 nitrogen and oxygen atoms in total. The molecule has 0 aromatic heterocycles. The number of benzene rings is 2. The molecule has 2 aromatic rings. The largest absolute Gasteiger partial charge is 0.0843 e. The van der Waals surface area contributed by atoms with Gasteiger partial charge in [0.1, 0.15) is 0 Å². The summed E-state index contributed by atoms with van der Waals surface area (Å²) in [5.41, 5.74) is 6.19. The van der Waals surface area contributed by atoms with Crippen molar-refractivity contribution in [3.63, 3.8) is 0 Å². The van der Waals surface area contributed by atoms with Crippen molar-refractivity contribution in [3.05, 3.63) is 70.6 Å². The van der Waals surface area contributed by atoms with Gasteiger partial charge in [-0.3, -0.25) is 0 Å². The molecule has 0 spiro atoms. The first-order chi connectivity index (χ1) is 8.24. The second kappa shape index (κ2) is 4.05. The normalized spacial score (nSPS) is 13.4. The Morgan fingerprint density at radius 3 is 2.53 bits per heavy atom. The third-order valence-electron chi connectivity index (χ3n) is 3.02. The molecular formula is C16H12Cl. The van der Waals surface area contributed by atoms with E-state index in [9.17, 15) is 0 Å². The van der Waals surface area contributed by atoms with Gasteiger partial charge in [-0.15, -0.1) is 0 Å². The van der Waals surface area contributed by atoms with E-state index < -0.39 is 0 Å². The van der Waals surface area contributed by atoms with Gasteiger partial charge in [-0.25, -0.2) is 0 Å². The van der Waals surface area contributed by atoms with E-state index in [1.54, 1.807) is 0 Å². The molecule has 0 saturated carbocycles. The number of hydrogen-bond acceptors (Lipinski definition) is 0. The standard InChI is InChI=1S/C16H12Cl/c1-11-7-13-9-14(17)10-16(15(13)8-11)12-5-3-2-4-6-12/h2-10H,1H3. The van der Waals surface area contributed by atoms with Gasteiger partial charge >= 0.3 is 0 Å². The Bertz CT molecular complexity index is 594. The van der Waals surface area contributed by atoms with Crippen molar-refractivity contribution in [3.8, 4) is 11.1 Å². The summed E-state index contributed by atoms with van der Waals surface area (Å²) in [5, 5.41) is 0.793. The Labute approximate surface area is 107 Å². The van der Waals surface area contributed by atoms with Gasteiger partial charge in [0, 0.05) is 11.4 Å². The Kier molecular flexibility index (Phi) is 2.53. The van der Waals surface area contributed by atoms with Crippen LogP contribution in [0.4, 0.5) is 0 Å². The minimum absolute atomic E-state index is 0.793. The van der Waals surface area contributed by atoms with Crippen LogP contribution in [0.15, 0.2) is 48.0 Å². The maximum absolute atomic E-state index is 6.18. The van der Waals surface area contributed by atoms with Gasteiger partial charge in [0.05, 0.1) is 0 Å². The predicted molar refractivity (Wildman–Crippen MR) is 73.9 cm³/mol. The molecule has 17 heavy (non-hydrogen) atoms. The highest BCUT2D eigenvalue weighted by atomic mass is 35.5. The highest BCUT2D eigenvalue weighted by Crippen LogP contribution is 2.37. The van der Waals surface area contributed by atoms with Crippen LogP contribution < -0.4 is 0 Å². The van der Waals surface area contributed by atoms with E-state index in [0.717, 1.165) is 5.02 Å². The summed E-state index contributed by atoms with van der Waals surface area (Å²) >= 11 is 6.18. The summed E-state index contributed by atoms with van der Waals surface area (Å²) in [4.78, 5) is 0. The van der Waals surface area contributed by atoms with Crippen LogP contribution >= 0.6 is 11.6 Å². The Hall–Kier alpha value is -1.53. The van der Waals surface area contributed by atoms with Crippen LogP contribution in [0.3, 0.4) is 0 Å². The van der Waals surface area contributed by atoms with Crippen LogP contribution in [-0.2, 0) is 0 Å². The lowest BCUT2D eigenvalue weighted by Gasteiger charge is -2.08. The van der Waals surface area contributed by atoms with Gasteiger partial charge < -0.3 is 0 Å². The molecule has 3 rings (SSSR count). The molecule has 0 aliphatic heterocycles. The lowest BCUT2D eigenvalue weighted by molar-refractivity contribution is 1.44. The van der Waals surface area contributed by atoms with Crippen molar-refractivity contribution in [2.24, 2.45) is 0 Å². The molecule has 2 aromatic carbocycles. The van der Waals surface area contributed by atoms with Crippen molar-refractivity contribution in [1.82, 2.24) is 0 Å². The van der Waals surface area contributed by atoms with Gasteiger partial charge in [0.2, 0.25) is 0 Å². The molecule has 1 radical (unpaired) electrons. The Morgan fingerprint density at radius 1 is 1.00 bits per heavy atom. The fraction of sp³-hybridized carbons (Fsp3) is 0.0625. The molecule has 0 heterocycles. The van der Waals surface area contributed by atoms with E-state index in [1.165, 1.54) is 27.8 Å². The van der Waals surface area contributed by atoms with Gasteiger partial charge in [-0.2, -0.15) is 0 Å². The average Bonchev–Trinajstić information content (AvgIpc) is 2.69. The zero-order valence-electron chi connectivity index (χ0n) is 9.57. The highest BCUT2D eigenvalue weighted by molar-refractivity contribution is 6.31. The minimum Gasteiger partial charge on any atom is -0.0843 e. The maximum atomic E-state index is 6.18. The minimum atomic E-state index is 0.793. The maximum Gasteiger partial charge on any atom is 0.0415 e. The van der Waals surface area contributed by atoms with E-state index in [1.807, 2.05) is 18.2 Å². The summed E-state index contributed by atoms with van der Waals surface area (Å²) in [6.07, 6.45) is 4.39. The molecule has 0 amide bonds. The van der Waals surface area contributed by atoms with Crippen LogP contribution in [-0.4, -0.2) is 0 Å². The number of halogens is 1. The first-order valence-electron chi connectivity index (χ1n) is 5.66. The van der Waals surface area contributed by atoms with Crippen molar-refractivity contribution in [2.45, 2.75) is 6.92 Å². The zero-order chi connectivity index (χ0) is 11.8. The first-order valence-corrected chi connectivity index (χ1v) is 6.04. The Balaban J connectivity index is 2.24. The number of hydrogen-bond donors (Lipinski definition) is 0. The van der Waals surface area contributed by atoms with Crippen LogP contribution in [0.5, 0.6) is 0 Å². The summed E-state index contributed by atoms with van der Waals surface area (Å²) in [7, 11) is 0. The van der Waals surface area contributed by atoms with Gasteiger partial charge in [-0.05, 0) is 41.3 Å². The molecule has 1 aliphatic rings. The lowest BCUT2D eigenvalue weighted by atomic mass is 9.97. The quantitative estimate of drug-likeness (QED) is 0.659. The second-order valence-corrected chi connectivity index (χ2v) is 4.79. The van der Waals surface area contributed by atoms with E-state index in [0.29, 0.717) is 0 Å². The zero-order valence-corrected chi connectivity index (χ0v) is 10.3. The number of allylic oxidation sites excluding steroid dienone is 1. The second-order valence-electron chi connectivity index (χ2n) is 4.35. The molecule has 0 fully saturated rings. The van der Waals surface area contributed by atoms with Gasteiger partial charge in [0.25, 0.3) is 0 Å². The monoisotopic (exact) mass is 239 g/mol. The van der Waals surface area contributed by atoms with Crippen molar-refractivity contribution < 1.29 is 0 Å². The van der Waals surface area contributed by atoms with E-state index >= 15 is 0 Å². The molecule has 0 bridgehead atoms. The topological polar surface area (TPSA) is 0 Å². The summed E-state index contributed by atoms with van der Waals surface area (Å²) in [5.74, 6) is 0. The van der Waals surface area contributed by atoms with E-state index in [-0.39, 0.29) is 0 Å². The molecule has 0 atom stereocenters. The van der Waals surface area contributed by atoms with Crippen LogP contribution in [0.2, 0.25) is 5.02 Å². The van der Waals surface area contributed by atoms with Crippen LogP contribution in [0.25, 0.3) is 17.2 Å². The van der Waals surface area contributed by atoms with Gasteiger partial charge in [0.15, 0.2) is 0 Å². The van der Waals surface area contributed by atoms with E-state index in [4.69, 9.17) is 11.6 Å². The lowest BCUT2D eigenvalue weighted by Crippen LogP contribution is -1.87. The fourth-order valence-corrected chi connectivity index (χ4v) is 2.52. The molecule has 0 unspecified atom stereocenters. The van der Waals surface area contributed by atoms with Crippen LogP contribution in [0.1, 0.15) is 18.1 Å². The molecule has 1 heteroatoms. The number of rotatable bonds is 1. The van der Waals surface area contributed by atoms with Crippen LogP contribution in [0, 0.1) is 6.42 Å². The highest BCUT2D eigenvalue weighted by Gasteiger charge is 2.15. The van der Waals surface area contributed by atoms with E-state index in [2.05, 4.69) is 43.7 Å². The smallest absolute Gasteiger partial charge is 0.0415 e. The predicted octanol–water partition coefficient (Wildman–Crippen LogP) is 4.98. The molecular weight excluding hydrogens is 228 g/mol. The summed E-state index contributed by atoms with van der Waals surface area (Å²) in [6, 6.07) is 14.4. The van der Waals surface area contributed by atoms with Crippen molar-refractivity contribution in [2.75, 3.05) is 0 Å². The third-order valence-corrected chi connectivity index (χ3v) is 3.23.